The van der Waals surface area contributed by atoms with Gasteiger partial charge in [-0.25, -0.2) is 0 Å². The molecule has 5 saturated heterocycles. The monoisotopic (exact) mass is 187 g/mol. The van der Waals surface area contributed by atoms with Crippen LogP contribution in [0.15, 0.2) is 30.3 Å². The van der Waals surface area contributed by atoms with Crippen LogP contribution in [0.4, 0.5) is 0 Å². The third kappa shape index (κ3) is 0.704. The molecule has 5 fully saturated rings. The van der Waals surface area contributed by atoms with Crippen LogP contribution in [0.25, 0.3) is 0 Å². The van der Waals surface area contributed by atoms with Crippen molar-refractivity contribution < 1.29 is 0 Å². The molecule has 2 unspecified atom stereocenters. The molecule has 5 aliphatic rings. The average molecular weight is 187 g/mol. The fraction of sp³-hybridized carbons (Fsp3) is 0.455. The van der Waals surface area contributed by atoms with Crippen LogP contribution in [0.3, 0.4) is 0 Å². The van der Waals surface area contributed by atoms with Crippen molar-refractivity contribution in [2.24, 2.45) is 0 Å². The van der Waals surface area contributed by atoms with Crippen LogP contribution < -0.4 is 5.53 Å². The second-order valence-electron chi connectivity index (χ2n) is 4.40. The Hall–Kier alpha value is -0.900. The maximum absolute atomic E-state index is 3.27. The lowest BCUT2D eigenvalue weighted by molar-refractivity contribution is -0.420. The van der Waals surface area contributed by atoms with Crippen LogP contribution in [0.5, 0.6) is 0 Å². The van der Waals surface area contributed by atoms with Gasteiger partial charge in [0.2, 0.25) is 0 Å². The maximum atomic E-state index is 3.27. The van der Waals surface area contributed by atoms with E-state index in [-0.39, 0.29) is 0 Å². The summed E-state index contributed by atoms with van der Waals surface area (Å²) in [5, 5.41) is 4.78. The highest BCUT2D eigenvalue weighted by Crippen LogP contribution is 2.50. The third-order valence-electron chi connectivity index (χ3n) is 3.77. The molecule has 5 heterocycles. The first-order valence-corrected chi connectivity index (χ1v) is 5.33. The highest BCUT2D eigenvalue weighted by molar-refractivity contribution is 5.25. The molecule has 0 radical (unpaired) electrons. The van der Waals surface area contributed by atoms with Crippen molar-refractivity contribution in [3.05, 3.63) is 35.9 Å². The summed E-state index contributed by atoms with van der Waals surface area (Å²) in [6.45, 7) is 0. The van der Waals surface area contributed by atoms with E-state index >= 15 is 0 Å². The predicted octanol–water partition coefficient (Wildman–Crippen LogP) is 1.27. The molecule has 72 valence electrons. The molecule has 1 N–H and O–H groups in total. The van der Waals surface area contributed by atoms with Gasteiger partial charge in [0.05, 0.1) is 6.17 Å². The normalized spacial score (nSPS) is 47.9. The summed E-state index contributed by atoms with van der Waals surface area (Å²) in [4.78, 5) is 0. The van der Waals surface area contributed by atoms with Crippen molar-refractivity contribution in [2.45, 2.75) is 31.1 Å². The van der Waals surface area contributed by atoms with Gasteiger partial charge >= 0.3 is 0 Å². The van der Waals surface area contributed by atoms with E-state index in [9.17, 15) is 0 Å². The summed E-state index contributed by atoms with van der Waals surface area (Å²) in [5.74, 6) is 0.711. The van der Waals surface area contributed by atoms with Crippen molar-refractivity contribution >= 4 is 0 Å². The smallest absolute Gasteiger partial charge is 0.102 e. The minimum absolute atomic E-state index is 0.649. The highest BCUT2D eigenvalue weighted by Gasteiger charge is 2.63. The topological polar surface area (TPSA) is 18.5 Å². The Balaban J connectivity index is 1.67. The van der Waals surface area contributed by atoms with Gasteiger partial charge in [-0.05, 0) is 18.4 Å². The molecule has 3 nitrogen and oxygen atoms in total. The number of hydrogen-bond donors (Lipinski definition) is 1. The molecule has 5 aliphatic heterocycles. The van der Waals surface area contributed by atoms with E-state index in [0.717, 1.165) is 6.17 Å². The molecular weight excluding hydrogens is 174 g/mol. The van der Waals surface area contributed by atoms with E-state index in [4.69, 9.17) is 0 Å². The number of hydrazine groups is 2. The fourth-order valence-corrected chi connectivity index (χ4v) is 3.01. The maximum Gasteiger partial charge on any atom is 0.102 e. The Bertz CT molecular complexity index is 354. The summed E-state index contributed by atoms with van der Waals surface area (Å²) in [7, 11) is 0. The molecule has 0 aromatic heterocycles. The first-order chi connectivity index (χ1) is 6.95. The van der Waals surface area contributed by atoms with Gasteiger partial charge in [0.1, 0.15) is 6.17 Å². The number of rotatable bonds is 1. The van der Waals surface area contributed by atoms with Gasteiger partial charge in [0, 0.05) is 5.92 Å². The van der Waals surface area contributed by atoms with E-state index < -0.39 is 0 Å². The molecule has 3 heteroatoms. The van der Waals surface area contributed by atoms with E-state index in [1.807, 2.05) is 0 Å². The van der Waals surface area contributed by atoms with E-state index in [0.29, 0.717) is 12.1 Å². The molecule has 1 aromatic rings. The Kier molecular flexibility index (Phi) is 1.25. The summed E-state index contributed by atoms with van der Waals surface area (Å²) in [5.41, 5.74) is 4.77. The summed E-state index contributed by atoms with van der Waals surface area (Å²) < 4.78 is 0. The van der Waals surface area contributed by atoms with E-state index in [1.54, 1.807) is 0 Å². The van der Waals surface area contributed by atoms with Gasteiger partial charge in [-0.3, -0.25) is 0 Å². The minimum Gasteiger partial charge on any atom is -0.192 e. The van der Waals surface area contributed by atoms with Gasteiger partial charge in [0.15, 0.2) is 0 Å². The molecule has 14 heavy (non-hydrogen) atoms. The van der Waals surface area contributed by atoms with Gasteiger partial charge in [0.25, 0.3) is 0 Å². The van der Waals surface area contributed by atoms with Crippen LogP contribution in [0.2, 0.25) is 0 Å². The molecule has 0 amide bonds. The molecule has 0 spiro atoms. The molecule has 4 bridgehead atoms. The van der Waals surface area contributed by atoms with Crippen molar-refractivity contribution in [3.63, 3.8) is 0 Å². The number of nitrogens with zero attached hydrogens (tertiary/aromatic N) is 2. The summed E-state index contributed by atoms with van der Waals surface area (Å²) in [6, 6.07) is 10.9. The second-order valence-corrected chi connectivity index (χ2v) is 4.40. The molecule has 6 rings (SSSR count). The largest absolute Gasteiger partial charge is 0.192 e. The fourth-order valence-electron chi connectivity index (χ4n) is 3.01. The van der Waals surface area contributed by atoms with Crippen molar-refractivity contribution in [3.8, 4) is 0 Å². The zero-order valence-electron chi connectivity index (χ0n) is 7.93. The summed E-state index contributed by atoms with van der Waals surface area (Å²) >= 11 is 0. The van der Waals surface area contributed by atoms with Gasteiger partial charge in [-0.2, -0.15) is 15.6 Å². The number of fused-ring (bicyclic) bond motifs is 2. The lowest BCUT2D eigenvalue weighted by atomic mass is 9.80. The molecule has 0 aliphatic carbocycles. The minimum atomic E-state index is 0.649. The molecule has 0 saturated carbocycles. The Labute approximate surface area is 83.2 Å². The molecular formula is C11H13N3. The molecule has 3 atom stereocenters. The first-order valence-electron chi connectivity index (χ1n) is 5.33. The SMILES string of the molecule is c1ccc([C@H]2CCC3N4NN3C24)cc1. The van der Waals surface area contributed by atoms with Crippen LogP contribution in [0.1, 0.15) is 24.3 Å². The number of nitrogens with one attached hydrogen (secondary N) is 1. The average Bonchev–Trinajstić information content (AvgIpc) is 2.16. The van der Waals surface area contributed by atoms with Crippen LogP contribution in [0, 0.1) is 0 Å². The Morgan fingerprint density at radius 2 is 1.86 bits per heavy atom. The standard InChI is InChI=1S/C11H13N3/c1-2-4-8(5-3-1)9-6-7-10-13-11(9)14(10)12-13/h1-5,9-12H,6-7H2/t9-,10?,11?/m1/s1. The van der Waals surface area contributed by atoms with Gasteiger partial charge < -0.3 is 0 Å². The Morgan fingerprint density at radius 3 is 2.50 bits per heavy atom. The van der Waals surface area contributed by atoms with Gasteiger partial charge in [-0.15, -0.1) is 0 Å². The quantitative estimate of drug-likeness (QED) is 0.714. The van der Waals surface area contributed by atoms with Crippen molar-refractivity contribution in [1.82, 2.24) is 15.6 Å². The van der Waals surface area contributed by atoms with Crippen LogP contribution >= 0.6 is 0 Å². The number of piperidine rings is 2. The third-order valence-corrected chi connectivity index (χ3v) is 3.77. The first kappa shape index (κ1) is 7.40. The lowest BCUT2D eigenvalue weighted by Gasteiger charge is -2.74. The van der Waals surface area contributed by atoms with Crippen LogP contribution in [-0.2, 0) is 0 Å². The van der Waals surface area contributed by atoms with Crippen LogP contribution in [-0.4, -0.2) is 22.3 Å². The highest BCUT2D eigenvalue weighted by atomic mass is 16.1. The number of hydrogen-bond acceptors (Lipinski definition) is 3. The number of benzene rings is 1. The van der Waals surface area contributed by atoms with Gasteiger partial charge in [-0.1, -0.05) is 30.3 Å². The zero-order valence-corrected chi connectivity index (χ0v) is 7.93. The van der Waals surface area contributed by atoms with E-state index in [2.05, 4.69) is 45.9 Å². The van der Waals surface area contributed by atoms with Crippen molar-refractivity contribution in [2.75, 3.05) is 0 Å². The van der Waals surface area contributed by atoms with Crippen molar-refractivity contribution in [1.29, 1.82) is 0 Å². The lowest BCUT2D eigenvalue weighted by Crippen LogP contribution is -2.95. The second kappa shape index (κ2) is 2.37. The zero-order chi connectivity index (χ0) is 9.12. The summed E-state index contributed by atoms with van der Waals surface area (Å²) in [6.07, 6.45) is 4.02. The predicted molar refractivity (Wildman–Crippen MR) is 52.8 cm³/mol. The Morgan fingerprint density at radius 1 is 1.07 bits per heavy atom. The molecule has 1 aromatic carbocycles. The van der Waals surface area contributed by atoms with E-state index in [1.165, 1.54) is 18.4 Å².